The van der Waals surface area contributed by atoms with Gasteiger partial charge in [0, 0.05) is 12.5 Å². The van der Waals surface area contributed by atoms with E-state index in [4.69, 9.17) is 9.47 Å². The number of nitrogens with one attached hydrogen (secondary N) is 1. The molecule has 2 heterocycles. The Morgan fingerprint density at radius 2 is 1.94 bits per heavy atom. The van der Waals surface area contributed by atoms with Gasteiger partial charge in [-0.2, -0.15) is 5.10 Å². The van der Waals surface area contributed by atoms with Crippen LogP contribution >= 0.6 is 0 Å². The Bertz CT molecular complexity index is 1050. The van der Waals surface area contributed by atoms with E-state index in [9.17, 15) is 4.79 Å². The van der Waals surface area contributed by atoms with Crippen molar-refractivity contribution in [1.82, 2.24) is 20.1 Å². The zero-order valence-electron chi connectivity index (χ0n) is 18.7. The van der Waals surface area contributed by atoms with Crippen molar-refractivity contribution in [2.45, 2.75) is 69.7 Å². The van der Waals surface area contributed by atoms with Crippen molar-refractivity contribution >= 4 is 5.91 Å². The number of aromatic nitrogens is 3. The number of aryl methyl sites for hydroxylation is 2. The fourth-order valence-electron chi connectivity index (χ4n) is 4.72. The normalized spacial score (nSPS) is 22.1. The molecule has 1 N–H and O–H groups in total. The number of hydrogen-bond acceptors (Lipinski definition) is 5. The van der Waals surface area contributed by atoms with Gasteiger partial charge in [0.1, 0.15) is 30.3 Å². The average molecular weight is 447 g/mol. The Kier molecular flexibility index (Phi) is 6.56. The minimum atomic E-state index is 0.0679. The summed E-state index contributed by atoms with van der Waals surface area (Å²) >= 11 is 0. The Labute approximate surface area is 194 Å². The lowest BCUT2D eigenvalue weighted by Gasteiger charge is -2.30. The summed E-state index contributed by atoms with van der Waals surface area (Å²) in [6.07, 6.45) is 9.55. The van der Waals surface area contributed by atoms with Crippen LogP contribution in [0.3, 0.4) is 0 Å². The highest BCUT2D eigenvalue weighted by Gasteiger charge is 2.25. The predicted octanol–water partition coefficient (Wildman–Crippen LogP) is 4.24. The summed E-state index contributed by atoms with van der Waals surface area (Å²) in [5, 5.41) is 7.18. The Hall–Kier alpha value is -3.35. The molecule has 1 fully saturated rings. The standard InChI is InChI=1S/C26H30N4O3/c31-26(14-15-30-18-27-17-28-30)29-21-7-9-22(10-8-21)32-23-11-13-25-20(16-23)6-12-24(33-25)19-4-2-1-3-5-19/h1-5,11,13,16-18,21-22,24H,6-10,12,14-15H2,(H,29,31). The molecule has 0 bridgehead atoms. The van der Waals surface area contributed by atoms with Gasteiger partial charge in [0.25, 0.3) is 0 Å². The summed E-state index contributed by atoms with van der Waals surface area (Å²) in [6.45, 7) is 0.554. The highest BCUT2D eigenvalue weighted by molar-refractivity contribution is 5.76. The number of carbonyl (C=O) groups excluding carboxylic acids is 1. The lowest BCUT2D eigenvalue weighted by atomic mass is 9.92. The van der Waals surface area contributed by atoms with Crippen LogP contribution in [0.15, 0.2) is 61.2 Å². The Morgan fingerprint density at radius 3 is 2.73 bits per heavy atom. The third-order valence-corrected chi connectivity index (χ3v) is 6.53. The molecule has 2 aromatic carbocycles. The molecule has 2 aliphatic rings. The van der Waals surface area contributed by atoms with E-state index < -0.39 is 0 Å². The lowest BCUT2D eigenvalue weighted by molar-refractivity contribution is -0.122. The first-order chi connectivity index (χ1) is 16.2. The van der Waals surface area contributed by atoms with Crippen LogP contribution in [-0.2, 0) is 17.8 Å². The first kappa shape index (κ1) is 21.5. The number of benzene rings is 2. The first-order valence-corrected chi connectivity index (χ1v) is 11.9. The second-order valence-corrected chi connectivity index (χ2v) is 8.89. The number of fused-ring (bicyclic) bond motifs is 1. The van der Waals surface area contributed by atoms with Gasteiger partial charge in [-0.25, -0.2) is 4.98 Å². The van der Waals surface area contributed by atoms with Gasteiger partial charge >= 0.3 is 0 Å². The van der Waals surface area contributed by atoms with Gasteiger partial charge in [0.15, 0.2) is 0 Å². The van der Waals surface area contributed by atoms with Crippen LogP contribution in [0.1, 0.15) is 55.8 Å². The summed E-state index contributed by atoms with van der Waals surface area (Å²) in [5.41, 5.74) is 2.44. The van der Waals surface area contributed by atoms with Crippen molar-refractivity contribution in [2.75, 3.05) is 0 Å². The first-order valence-electron chi connectivity index (χ1n) is 11.9. The smallest absolute Gasteiger partial charge is 0.222 e. The Morgan fingerprint density at radius 1 is 1.09 bits per heavy atom. The summed E-state index contributed by atoms with van der Waals surface area (Å²) in [4.78, 5) is 16.1. The van der Waals surface area contributed by atoms with Crippen LogP contribution in [0.4, 0.5) is 0 Å². The maximum atomic E-state index is 12.2. The van der Waals surface area contributed by atoms with Crippen molar-refractivity contribution in [2.24, 2.45) is 0 Å². The van der Waals surface area contributed by atoms with Crippen LogP contribution in [0, 0.1) is 0 Å². The maximum Gasteiger partial charge on any atom is 0.222 e. The molecule has 0 saturated heterocycles. The lowest BCUT2D eigenvalue weighted by Crippen LogP contribution is -2.40. The second-order valence-electron chi connectivity index (χ2n) is 8.89. The van der Waals surface area contributed by atoms with E-state index in [0.717, 1.165) is 50.0 Å². The monoisotopic (exact) mass is 446 g/mol. The zero-order valence-corrected chi connectivity index (χ0v) is 18.7. The molecule has 0 radical (unpaired) electrons. The number of hydrogen-bond donors (Lipinski definition) is 1. The van der Waals surface area contributed by atoms with E-state index in [-0.39, 0.29) is 24.2 Å². The zero-order chi connectivity index (χ0) is 22.5. The SMILES string of the molecule is O=C(CCn1cncn1)NC1CCC(Oc2ccc3c(c2)CCC(c2ccccc2)O3)CC1. The van der Waals surface area contributed by atoms with Crippen LogP contribution in [0.2, 0.25) is 0 Å². The van der Waals surface area contributed by atoms with Gasteiger partial charge in [0.05, 0.1) is 12.6 Å². The van der Waals surface area contributed by atoms with E-state index in [1.807, 2.05) is 18.2 Å². The van der Waals surface area contributed by atoms with E-state index in [2.05, 4.69) is 45.7 Å². The highest BCUT2D eigenvalue weighted by atomic mass is 16.5. The average Bonchev–Trinajstić information content (AvgIpc) is 3.38. The number of rotatable bonds is 7. The minimum Gasteiger partial charge on any atom is -0.490 e. The molecule has 1 aromatic heterocycles. The van der Waals surface area contributed by atoms with Gasteiger partial charge < -0.3 is 14.8 Å². The molecule has 1 saturated carbocycles. The van der Waals surface area contributed by atoms with Gasteiger partial charge in [-0.15, -0.1) is 0 Å². The quantitative estimate of drug-likeness (QED) is 0.587. The summed E-state index contributed by atoms with van der Waals surface area (Å²) in [7, 11) is 0. The fourth-order valence-corrected chi connectivity index (χ4v) is 4.72. The highest BCUT2D eigenvalue weighted by Crippen LogP contribution is 2.37. The molecule has 33 heavy (non-hydrogen) atoms. The van der Waals surface area contributed by atoms with Crippen LogP contribution in [-0.4, -0.2) is 32.8 Å². The van der Waals surface area contributed by atoms with Crippen molar-refractivity contribution < 1.29 is 14.3 Å². The number of ether oxygens (including phenoxy) is 2. The molecule has 5 rings (SSSR count). The third-order valence-electron chi connectivity index (χ3n) is 6.53. The largest absolute Gasteiger partial charge is 0.490 e. The number of amides is 1. The molecular formula is C26H30N4O3. The molecular weight excluding hydrogens is 416 g/mol. The maximum absolute atomic E-state index is 12.2. The molecule has 3 aromatic rings. The van der Waals surface area contributed by atoms with Crippen molar-refractivity contribution in [3.63, 3.8) is 0 Å². The summed E-state index contributed by atoms with van der Waals surface area (Å²) < 4.78 is 14.2. The predicted molar refractivity (Wildman–Crippen MR) is 124 cm³/mol. The van der Waals surface area contributed by atoms with Crippen LogP contribution < -0.4 is 14.8 Å². The molecule has 1 amide bonds. The van der Waals surface area contributed by atoms with Gasteiger partial charge in [0.2, 0.25) is 5.91 Å². The second kappa shape index (κ2) is 10.1. The topological polar surface area (TPSA) is 78.3 Å². The number of carbonyl (C=O) groups is 1. The van der Waals surface area contributed by atoms with E-state index >= 15 is 0 Å². The Balaban J connectivity index is 1.08. The molecule has 1 unspecified atom stereocenters. The van der Waals surface area contributed by atoms with Gasteiger partial charge in [-0.3, -0.25) is 9.48 Å². The van der Waals surface area contributed by atoms with Crippen molar-refractivity contribution in [1.29, 1.82) is 0 Å². The molecule has 7 nitrogen and oxygen atoms in total. The fraction of sp³-hybridized carbons (Fsp3) is 0.423. The van der Waals surface area contributed by atoms with Crippen molar-refractivity contribution in [3.05, 3.63) is 72.3 Å². The van der Waals surface area contributed by atoms with Gasteiger partial charge in [-0.05, 0) is 67.9 Å². The molecule has 7 heteroatoms. The number of nitrogens with zero attached hydrogens (tertiary/aromatic N) is 3. The van der Waals surface area contributed by atoms with Crippen LogP contribution in [0.25, 0.3) is 0 Å². The molecule has 1 aliphatic heterocycles. The van der Waals surface area contributed by atoms with Crippen molar-refractivity contribution in [3.8, 4) is 11.5 Å². The molecule has 0 spiro atoms. The molecule has 172 valence electrons. The van der Waals surface area contributed by atoms with E-state index in [1.54, 1.807) is 11.0 Å². The molecule has 1 aliphatic carbocycles. The summed E-state index contributed by atoms with van der Waals surface area (Å²) in [6, 6.07) is 16.8. The third kappa shape index (κ3) is 5.53. The van der Waals surface area contributed by atoms with E-state index in [1.165, 1.54) is 17.5 Å². The van der Waals surface area contributed by atoms with Crippen LogP contribution in [0.5, 0.6) is 11.5 Å². The molecule has 1 atom stereocenters. The summed E-state index contributed by atoms with van der Waals surface area (Å²) in [5.74, 6) is 1.94. The minimum absolute atomic E-state index is 0.0679. The van der Waals surface area contributed by atoms with E-state index in [0.29, 0.717) is 13.0 Å². The van der Waals surface area contributed by atoms with Gasteiger partial charge in [-0.1, -0.05) is 30.3 Å².